The Kier molecular flexibility index (Phi) is 4.99. The molecule has 2 unspecified atom stereocenters. The van der Waals surface area contributed by atoms with Crippen LogP contribution in [0.3, 0.4) is 0 Å². The third-order valence-corrected chi connectivity index (χ3v) is 5.70. The van der Waals surface area contributed by atoms with Crippen LogP contribution in [0.2, 0.25) is 0 Å². The number of rotatable bonds is 5. The molecular formula is C23H20FN5O2. The van der Waals surface area contributed by atoms with E-state index in [4.69, 9.17) is 0 Å². The van der Waals surface area contributed by atoms with E-state index in [1.54, 1.807) is 10.9 Å². The third-order valence-electron chi connectivity index (χ3n) is 5.70. The first-order valence-corrected chi connectivity index (χ1v) is 10.2. The number of aliphatic hydroxyl groups is 1. The first-order chi connectivity index (χ1) is 15.2. The summed E-state index contributed by atoms with van der Waals surface area (Å²) in [6, 6.07) is 12.5. The zero-order valence-electron chi connectivity index (χ0n) is 16.6. The van der Waals surface area contributed by atoms with Gasteiger partial charge in [-0.15, -0.1) is 0 Å². The molecule has 2 atom stereocenters. The van der Waals surface area contributed by atoms with Gasteiger partial charge in [0.05, 0.1) is 17.3 Å². The maximum Gasteiger partial charge on any atom is 0.185 e. The molecule has 1 N–H and O–H groups in total. The normalized spacial score (nSPS) is 19.7. The van der Waals surface area contributed by atoms with Crippen LogP contribution < -0.4 is 0 Å². The van der Waals surface area contributed by atoms with Gasteiger partial charge in [0.15, 0.2) is 5.78 Å². The minimum absolute atomic E-state index is 0.0369. The van der Waals surface area contributed by atoms with Crippen molar-refractivity contribution in [3.8, 4) is 0 Å². The first-order valence-electron chi connectivity index (χ1n) is 10.2. The number of nitrogens with zero attached hydrogens (tertiary/aromatic N) is 5. The Morgan fingerprint density at radius 3 is 2.84 bits per heavy atom. The van der Waals surface area contributed by atoms with Crippen molar-refractivity contribution in [3.05, 3.63) is 77.1 Å². The molecule has 0 aliphatic carbocycles. The molecule has 156 valence electrons. The van der Waals surface area contributed by atoms with E-state index in [-0.39, 0.29) is 30.8 Å². The topological polar surface area (TPSA) is 92.7 Å². The summed E-state index contributed by atoms with van der Waals surface area (Å²) >= 11 is 0. The molecule has 8 heteroatoms. The number of benzene rings is 2. The molecule has 7 nitrogen and oxygen atoms in total. The van der Waals surface area contributed by atoms with Crippen molar-refractivity contribution in [3.63, 3.8) is 0 Å². The quantitative estimate of drug-likeness (QED) is 0.691. The monoisotopic (exact) mass is 417 g/mol. The molecule has 3 aromatic rings. The number of halogens is 1. The maximum atomic E-state index is 14.3. The number of aryl methyl sites for hydroxylation is 1. The zero-order valence-corrected chi connectivity index (χ0v) is 16.6. The smallest absolute Gasteiger partial charge is 0.185 e. The standard InChI is InChI=1S/C23H20FN5O2/c24-15-9-16-19(31)12-26-22-20(16)18(10-15)25-11-17(14-5-2-1-3-6-14)21(22)23-27-13-28-29(23)7-4-8-30/h1-3,5-6,9-11,13,17,21,30H,4,7-8,12H2. The molecule has 0 amide bonds. The highest BCUT2D eigenvalue weighted by atomic mass is 19.1. The second-order valence-corrected chi connectivity index (χ2v) is 7.58. The Hall–Kier alpha value is -3.52. The molecule has 0 saturated carbocycles. The molecule has 0 spiro atoms. The summed E-state index contributed by atoms with van der Waals surface area (Å²) in [5.41, 5.74) is 2.93. The van der Waals surface area contributed by atoms with Gasteiger partial charge in [-0.3, -0.25) is 14.8 Å². The Balaban J connectivity index is 1.74. The Labute approximate surface area is 178 Å². The van der Waals surface area contributed by atoms with Crippen LogP contribution in [-0.2, 0) is 6.54 Å². The number of carbonyl (C=O) groups excluding carboxylic acids is 1. The summed E-state index contributed by atoms with van der Waals surface area (Å²) in [6.45, 7) is 0.486. The van der Waals surface area contributed by atoms with E-state index < -0.39 is 5.82 Å². The molecule has 1 aromatic heterocycles. The first kappa shape index (κ1) is 19.4. The van der Waals surface area contributed by atoms with E-state index in [2.05, 4.69) is 20.1 Å². The molecule has 2 aliphatic rings. The minimum atomic E-state index is -0.499. The van der Waals surface area contributed by atoms with Crippen LogP contribution in [0.5, 0.6) is 0 Å². The van der Waals surface area contributed by atoms with E-state index in [0.717, 1.165) is 5.56 Å². The molecule has 0 fully saturated rings. The number of hydrogen-bond donors (Lipinski definition) is 1. The summed E-state index contributed by atoms with van der Waals surface area (Å²) < 4.78 is 16.0. The molecule has 2 aromatic carbocycles. The summed E-state index contributed by atoms with van der Waals surface area (Å²) in [4.78, 5) is 26.3. The van der Waals surface area contributed by atoms with Crippen LogP contribution in [0.25, 0.3) is 0 Å². The summed E-state index contributed by atoms with van der Waals surface area (Å²) in [7, 11) is 0. The van der Waals surface area contributed by atoms with Crippen LogP contribution in [0, 0.1) is 5.82 Å². The highest BCUT2D eigenvalue weighted by molar-refractivity contribution is 6.21. The van der Waals surface area contributed by atoms with Gasteiger partial charge in [0.25, 0.3) is 0 Å². The maximum absolute atomic E-state index is 14.3. The minimum Gasteiger partial charge on any atom is -0.396 e. The van der Waals surface area contributed by atoms with E-state index in [0.29, 0.717) is 41.3 Å². The number of aliphatic imine (C=N–C) groups is 2. The van der Waals surface area contributed by atoms with Gasteiger partial charge in [-0.05, 0) is 18.1 Å². The van der Waals surface area contributed by atoms with E-state index in [1.807, 2.05) is 30.3 Å². The molecule has 0 bridgehead atoms. The van der Waals surface area contributed by atoms with Crippen molar-refractivity contribution in [2.75, 3.05) is 13.2 Å². The number of Topliss-reactive ketones (excluding diaryl/α,β-unsaturated/α-hetero) is 1. The molecule has 3 heterocycles. The SMILES string of the molecule is O=C1CN=C2c3c(cc(F)cc31)N=CC(c1ccccc1)C2c1ncnn1CCCO. The lowest BCUT2D eigenvalue weighted by Crippen LogP contribution is -2.30. The van der Waals surface area contributed by atoms with E-state index >= 15 is 0 Å². The number of hydrogen-bond acceptors (Lipinski definition) is 6. The summed E-state index contributed by atoms with van der Waals surface area (Å²) in [5.74, 6) is -0.667. The molecule has 0 radical (unpaired) electrons. The van der Waals surface area contributed by atoms with Crippen molar-refractivity contribution in [1.82, 2.24) is 14.8 Å². The van der Waals surface area contributed by atoms with Crippen molar-refractivity contribution in [2.45, 2.75) is 24.8 Å². The average molecular weight is 417 g/mol. The van der Waals surface area contributed by atoms with E-state index in [9.17, 15) is 14.3 Å². The third kappa shape index (κ3) is 3.38. The van der Waals surface area contributed by atoms with Crippen LogP contribution >= 0.6 is 0 Å². The van der Waals surface area contributed by atoms with Gasteiger partial charge >= 0.3 is 0 Å². The molecule has 0 saturated heterocycles. The van der Waals surface area contributed by atoms with Crippen LogP contribution in [0.4, 0.5) is 10.1 Å². The van der Waals surface area contributed by atoms with Gasteiger partial charge in [0, 0.05) is 42.5 Å². The molecule has 5 rings (SSSR count). The number of ketones is 1. The zero-order chi connectivity index (χ0) is 21.4. The van der Waals surface area contributed by atoms with Gasteiger partial charge in [-0.1, -0.05) is 30.3 Å². The fourth-order valence-corrected chi connectivity index (χ4v) is 4.32. The number of aliphatic hydroxyl groups excluding tert-OH is 1. The van der Waals surface area contributed by atoms with Crippen molar-refractivity contribution in [2.24, 2.45) is 9.98 Å². The highest BCUT2D eigenvalue weighted by Crippen LogP contribution is 2.42. The van der Waals surface area contributed by atoms with Crippen molar-refractivity contribution >= 4 is 23.4 Å². The Morgan fingerprint density at radius 2 is 2.03 bits per heavy atom. The van der Waals surface area contributed by atoms with Crippen molar-refractivity contribution in [1.29, 1.82) is 0 Å². The number of carbonyl (C=O) groups is 1. The van der Waals surface area contributed by atoms with Gasteiger partial charge in [-0.25, -0.2) is 14.1 Å². The van der Waals surface area contributed by atoms with Gasteiger partial charge in [-0.2, -0.15) is 5.10 Å². The van der Waals surface area contributed by atoms with Gasteiger partial charge in [0.2, 0.25) is 0 Å². The Bertz CT molecular complexity index is 1200. The van der Waals surface area contributed by atoms with Crippen LogP contribution in [-0.4, -0.2) is 50.7 Å². The molecule has 31 heavy (non-hydrogen) atoms. The molecular weight excluding hydrogens is 397 g/mol. The largest absolute Gasteiger partial charge is 0.396 e. The summed E-state index contributed by atoms with van der Waals surface area (Å²) in [5, 5.41) is 13.6. The lowest BCUT2D eigenvalue weighted by molar-refractivity contribution is 0.0999. The van der Waals surface area contributed by atoms with Gasteiger partial charge in [0.1, 0.15) is 24.5 Å². The van der Waals surface area contributed by atoms with Crippen LogP contribution in [0.1, 0.15) is 45.6 Å². The lowest BCUT2D eigenvalue weighted by Gasteiger charge is -2.27. The Morgan fingerprint density at radius 1 is 1.19 bits per heavy atom. The average Bonchev–Trinajstić information content (AvgIpc) is 3.18. The second kappa shape index (κ2) is 7.96. The predicted molar refractivity (Wildman–Crippen MR) is 114 cm³/mol. The highest BCUT2D eigenvalue weighted by Gasteiger charge is 2.39. The second-order valence-electron chi connectivity index (χ2n) is 7.58. The van der Waals surface area contributed by atoms with Crippen molar-refractivity contribution < 1.29 is 14.3 Å². The van der Waals surface area contributed by atoms with E-state index in [1.165, 1.54) is 18.5 Å². The fraction of sp³-hybridized carbons (Fsp3) is 0.261. The number of aromatic nitrogens is 3. The lowest BCUT2D eigenvalue weighted by atomic mass is 9.79. The summed E-state index contributed by atoms with van der Waals surface area (Å²) in [6.07, 6.45) is 3.80. The molecule has 2 aliphatic heterocycles. The fourth-order valence-electron chi connectivity index (χ4n) is 4.32. The van der Waals surface area contributed by atoms with Crippen LogP contribution in [0.15, 0.2) is 58.8 Å². The predicted octanol–water partition coefficient (Wildman–Crippen LogP) is 3.07. The van der Waals surface area contributed by atoms with Gasteiger partial charge < -0.3 is 5.11 Å².